The molecule has 1 atom stereocenters. The number of nitrogens with one attached hydrogen (secondary N) is 1. The number of aromatic amines is 1. The maximum atomic E-state index is 13.1. The first kappa shape index (κ1) is 18.2. The minimum absolute atomic E-state index is 0.0306. The zero-order valence-corrected chi connectivity index (χ0v) is 16.1. The van der Waals surface area contributed by atoms with Gasteiger partial charge in [-0.05, 0) is 31.7 Å². The van der Waals surface area contributed by atoms with E-state index < -0.39 is 0 Å². The smallest absolute Gasteiger partial charge is 0.225 e. The van der Waals surface area contributed by atoms with Crippen LogP contribution in [-0.2, 0) is 11.3 Å². The van der Waals surface area contributed by atoms with Gasteiger partial charge in [-0.3, -0.25) is 14.8 Å². The topological polar surface area (TPSA) is 65.1 Å². The second-order valence-corrected chi connectivity index (χ2v) is 7.87. The van der Waals surface area contributed by atoms with Crippen molar-refractivity contribution in [2.45, 2.75) is 51.6 Å². The summed E-state index contributed by atoms with van der Waals surface area (Å²) in [5.41, 5.74) is 1.28. The molecule has 6 nitrogen and oxygen atoms in total. The Morgan fingerprint density at radius 2 is 1.93 bits per heavy atom. The third-order valence-electron chi connectivity index (χ3n) is 5.86. The molecule has 1 N–H and O–H groups in total. The minimum atomic E-state index is 0.0306. The lowest BCUT2D eigenvalue weighted by Gasteiger charge is -2.31. The summed E-state index contributed by atoms with van der Waals surface area (Å²) in [7, 11) is 0. The van der Waals surface area contributed by atoms with Crippen molar-refractivity contribution in [2.75, 3.05) is 19.6 Å². The molecule has 4 rings (SSSR count). The number of aryl methyl sites for hydroxylation is 1. The van der Waals surface area contributed by atoms with Gasteiger partial charge in [0, 0.05) is 32.1 Å². The van der Waals surface area contributed by atoms with Gasteiger partial charge in [0.15, 0.2) is 5.82 Å². The van der Waals surface area contributed by atoms with Gasteiger partial charge >= 0.3 is 0 Å². The Kier molecular flexibility index (Phi) is 5.53. The van der Waals surface area contributed by atoms with Crippen LogP contribution in [0.1, 0.15) is 55.4 Å². The van der Waals surface area contributed by atoms with Crippen LogP contribution in [0.4, 0.5) is 0 Å². The molecule has 27 heavy (non-hydrogen) atoms. The highest BCUT2D eigenvalue weighted by Gasteiger charge is 2.34. The molecule has 1 saturated carbocycles. The molecule has 0 radical (unpaired) electrons. The second kappa shape index (κ2) is 8.21. The zero-order valence-electron chi connectivity index (χ0n) is 16.1. The Bertz CT molecular complexity index is 753. The van der Waals surface area contributed by atoms with Gasteiger partial charge in [0.05, 0.1) is 6.04 Å². The standard InChI is InChI=1S/C21H29N5O/c1-16-22-20(24-23-16)19-15-26(21(27)18-10-5-6-11-18)13-7-12-25(19)14-17-8-3-2-4-9-17/h2-4,8-9,18-19H,5-7,10-15H2,1H3,(H,22,23,24)/t19-/m0/s1. The van der Waals surface area contributed by atoms with Crippen molar-refractivity contribution in [3.8, 4) is 0 Å². The molecule has 6 heteroatoms. The molecular weight excluding hydrogens is 338 g/mol. The van der Waals surface area contributed by atoms with Crippen LogP contribution in [-0.4, -0.2) is 50.5 Å². The van der Waals surface area contributed by atoms with E-state index in [4.69, 9.17) is 0 Å². The largest absolute Gasteiger partial charge is 0.340 e. The summed E-state index contributed by atoms with van der Waals surface area (Å²) in [4.78, 5) is 22.2. The number of H-pyrrole nitrogens is 1. The van der Waals surface area contributed by atoms with E-state index in [2.05, 4.69) is 49.2 Å². The zero-order chi connectivity index (χ0) is 18.6. The van der Waals surface area contributed by atoms with E-state index in [9.17, 15) is 4.79 Å². The third-order valence-corrected chi connectivity index (χ3v) is 5.86. The van der Waals surface area contributed by atoms with Gasteiger partial charge in [0.2, 0.25) is 5.91 Å². The first-order valence-corrected chi connectivity index (χ1v) is 10.2. The van der Waals surface area contributed by atoms with Gasteiger partial charge in [-0.15, -0.1) is 0 Å². The molecule has 1 aliphatic carbocycles. The number of amides is 1. The van der Waals surface area contributed by atoms with Crippen LogP contribution in [0, 0.1) is 12.8 Å². The molecule has 1 amide bonds. The normalized spacial score (nSPS) is 22.1. The Hall–Kier alpha value is -2.21. The Morgan fingerprint density at radius 1 is 1.15 bits per heavy atom. The predicted molar refractivity (Wildman–Crippen MR) is 104 cm³/mol. The van der Waals surface area contributed by atoms with Gasteiger partial charge in [-0.2, -0.15) is 5.10 Å². The molecule has 0 spiro atoms. The molecule has 2 aliphatic rings. The summed E-state index contributed by atoms with van der Waals surface area (Å²) >= 11 is 0. The van der Waals surface area contributed by atoms with Crippen LogP contribution in [0.25, 0.3) is 0 Å². The summed E-state index contributed by atoms with van der Waals surface area (Å²) in [5, 5.41) is 7.43. The Labute approximate surface area is 161 Å². The van der Waals surface area contributed by atoms with E-state index in [1.807, 2.05) is 13.0 Å². The quantitative estimate of drug-likeness (QED) is 0.902. The van der Waals surface area contributed by atoms with E-state index in [0.717, 1.165) is 50.5 Å². The molecule has 2 aromatic rings. The molecule has 1 saturated heterocycles. The van der Waals surface area contributed by atoms with Crippen LogP contribution < -0.4 is 0 Å². The predicted octanol–water partition coefficient (Wildman–Crippen LogP) is 3.08. The summed E-state index contributed by atoms with van der Waals surface area (Å²) in [6, 6.07) is 10.6. The summed E-state index contributed by atoms with van der Waals surface area (Å²) in [6.45, 7) is 5.24. The van der Waals surface area contributed by atoms with Gasteiger partial charge < -0.3 is 4.90 Å². The van der Waals surface area contributed by atoms with Crippen LogP contribution >= 0.6 is 0 Å². The third kappa shape index (κ3) is 4.21. The number of benzene rings is 1. The van der Waals surface area contributed by atoms with E-state index in [0.29, 0.717) is 12.5 Å². The summed E-state index contributed by atoms with van der Waals surface area (Å²) in [6.07, 6.45) is 5.47. The number of hydrogen-bond acceptors (Lipinski definition) is 4. The first-order chi connectivity index (χ1) is 13.2. The maximum Gasteiger partial charge on any atom is 0.225 e. The molecule has 144 valence electrons. The van der Waals surface area contributed by atoms with Crippen LogP contribution in [0.15, 0.2) is 30.3 Å². The fourth-order valence-corrected chi connectivity index (χ4v) is 4.43. The molecule has 1 aliphatic heterocycles. The lowest BCUT2D eigenvalue weighted by atomic mass is 10.1. The molecule has 0 bridgehead atoms. The monoisotopic (exact) mass is 367 g/mol. The number of aromatic nitrogens is 3. The fourth-order valence-electron chi connectivity index (χ4n) is 4.43. The summed E-state index contributed by atoms with van der Waals surface area (Å²) in [5.74, 6) is 2.18. The highest BCUT2D eigenvalue weighted by atomic mass is 16.2. The van der Waals surface area contributed by atoms with Crippen molar-refractivity contribution in [2.24, 2.45) is 5.92 Å². The molecule has 2 fully saturated rings. The van der Waals surface area contributed by atoms with E-state index in [1.165, 1.54) is 18.4 Å². The second-order valence-electron chi connectivity index (χ2n) is 7.87. The minimum Gasteiger partial charge on any atom is -0.340 e. The van der Waals surface area contributed by atoms with Gasteiger partial charge in [-0.1, -0.05) is 43.2 Å². The maximum absolute atomic E-state index is 13.1. The van der Waals surface area contributed by atoms with Crippen LogP contribution in [0.2, 0.25) is 0 Å². The average Bonchev–Trinajstić information content (AvgIpc) is 3.32. The Morgan fingerprint density at radius 3 is 2.63 bits per heavy atom. The fraction of sp³-hybridized carbons (Fsp3) is 0.571. The van der Waals surface area contributed by atoms with Crippen LogP contribution in [0.5, 0.6) is 0 Å². The van der Waals surface area contributed by atoms with Crippen molar-refractivity contribution < 1.29 is 4.79 Å². The highest BCUT2D eigenvalue weighted by molar-refractivity contribution is 5.79. The van der Waals surface area contributed by atoms with E-state index in [-0.39, 0.29) is 12.0 Å². The molecular formula is C21H29N5O. The first-order valence-electron chi connectivity index (χ1n) is 10.2. The number of hydrogen-bond donors (Lipinski definition) is 1. The lowest BCUT2D eigenvalue weighted by Crippen LogP contribution is -2.40. The average molecular weight is 367 g/mol. The lowest BCUT2D eigenvalue weighted by molar-refractivity contribution is -0.135. The highest BCUT2D eigenvalue weighted by Crippen LogP contribution is 2.30. The molecule has 1 aromatic heterocycles. The van der Waals surface area contributed by atoms with Crippen molar-refractivity contribution in [3.05, 3.63) is 47.5 Å². The number of carbonyl (C=O) groups is 1. The Balaban J connectivity index is 1.56. The van der Waals surface area contributed by atoms with E-state index in [1.54, 1.807) is 0 Å². The number of carbonyl (C=O) groups excluding carboxylic acids is 1. The SMILES string of the molecule is Cc1nc([C@@H]2CN(C(=O)C3CCCC3)CCCN2Cc2ccccc2)n[nH]1. The molecule has 2 heterocycles. The van der Waals surface area contributed by atoms with Crippen molar-refractivity contribution in [3.63, 3.8) is 0 Å². The summed E-state index contributed by atoms with van der Waals surface area (Å²) < 4.78 is 0. The van der Waals surface area contributed by atoms with Crippen LogP contribution in [0.3, 0.4) is 0 Å². The molecule has 1 aromatic carbocycles. The van der Waals surface area contributed by atoms with E-state index >= 15 is 0 Å². The van der Waals surface area contributed by atoms with Gasteiger partial charge in [0.1, 0.15) is 5.82 Å². The van der Waals surface area contributed by atoms with Crippen molar-refractivity contribution >= 4 is 5.91 Å². The molecule has 0 unspecified atom stereocenters. The van der Waals surface area contributed by atoms with Gasteiger partial charge in [-0.25, -0.2) is 4.98 Å². The van der Waals surface area contributed by atoms with Gasteiger partial charge in [0.25, 0.3) is 0 Å². The van der Waals surface area contributed by atoms with Crippen molar-refractivity contribution in [1.82, 2.24) is 25.0 Å². The number of rotatable bonds is 4. The van der Waals surface area contributed by atoms with Crippen molar-refractivity contribution in [1.29, 1.82) is 0 Å². The number of nitrogens with zero attached hydrogens (tertiary/aromatic N) is 4.